The third-order valence-corrected chi connectivity index (χ3v) is 11.4. The fourth-order valence-corrected chi connectivity index (χ4v) is 10.0. The lowest BCUT2D eigenvalue weighted by molar-refractivity contribution is -0.137. The van der Waals surface area contributed by atoms with Gasteiger partial charge in [-0.15, -0.1) is 0 Å². The lowest BCUT2D eigenvalue weighted by atomic mass is 9.99. The van der Waals surface area contributed by atoms with Crippen LogP contribution in [0.3, 0.4) is 0 Å². The molecule has 2 fully saturated rings. The maximum Gasteiger partial charge on any atom is 0.416 e. The first-order chi connectivity index (χ1) is 14.4. The Morgan fingerprint density at radius 3 is 1.70 bits per heavy atom. The average Bonchev–Trinajstić information content (AvgIpc) is 2.79. The van der Waals surface area contributed by atoms with E-state index in [1.165, 1.54) is 25.0 Å². The summed E-state index contributed by atoms with van der Waals surface area (Å²) in [6, 6.07) is 13.1. The van der Waals surface area contributed by atoms with E-state index in [1.807, 2.05) is 24.3 Å². The quantitative estimate of drug-likeness (QED) is 0.445. The minimum Gasteiger partial charge on any atom is -0.318 e. The molecule has 0 bridgehead atoms. The van der Waals surface area contributed by atoms with Gasteiger partial charge >= 0.3 is 6.18 Å². The first-order valence-electron chi connectivity index (χ1n) is 11.3. The Labute approximate surface area is 177 Å². The summed E-state index contributed by atoms with van der Waals surface area (Å²) >= 11 is 0. The average molecular weight is 434 g/mol. The van der Waals surface area contributed by atoms with Crippen molar-refractivity contribution < 1.29 is 17.7 Å². The van der Waals surface area contributed by atoms with Crippen molar-refractivity contribution in [2.75, 3.05) is 0 Å². The molecule has 4 rings (SSSR count). The Balaban J connectivity index is 1.79. The van der Waals surface area contributed by atoms with Crippen LogP contribution in [0.1, 0.15) is 69.8 Å². The smallest absolute Gasteiger partial charge is 0.318 e. The van der Waals surface area contributed by atoms with Gasteiger partial charge in [0.1, 0.15) is 7.14 Å². The van der Waals surface area contributed by atoms with Gasteiger partial charge in [-0.3, -0.25) is 0 Å². The number of rotatable bonds is 4. The Morgan fingerprint density at radius 2 is 1.20 bits per heavy atom. The highest BCUT2D eigenvalue weighted by atomic mass is 31.2. The molecule has 0 heterocycles. The molecule has 0 amide bonds. The van der Waals surface area contributed by atoms with Gasteiger partial charge in [-0.2, -0.15) is 13.2 Å². The highest BCUT2D eigenvalue weighted by molar-refractivity contribution is 7.73. The van der Waals surface area contributed by atoms with Crippen molar-refractivity contribution in [1.29, 1.82) is 0 Å². The van der Waals surface area contributed by atoms with Crippen molar-refractivity contribution in [3.8, 4) is 11.1 Å². The molecule has 2 aromatic rings. The van der Waals surface area contributed by atoms with Gasteiger partial charge in [0.15, 0.2) is 0 Å². The monoisotopic (exact) mass is 434 g/mol. The van der Waals surface area contributed by atoms with Gasteiger partial charge in [0, 0.05) is 16.6 Å². The van der Waals surface area contributed by atoms with Crippen LogP contribution in [0.25, 0.3) is 11.1 Å². The summed E-state index contributed by atoms with van der Waals surface area (Å²) in [6.45, 7) is 0. The maximum atomic E-state index is 15.0. The van der Waals surface area contributed by atoms with Crippen molar-refractivity contribution in [3.05, 3.63) is 54.1 Å². The van der Waals surface area contributed by atoms with Crippen molar-refractivity contribution >= 4 is 12.4 Å². The first kappa shape index (κ1) is 21.7. The molecule has 0 aliphatic heterocycles. The SMILES string of the molecule is O=P(c1ccccc1-c1ccc(C(F)(F)F)cc1)(C1CCCCC1)C1CCCCC1. The highest BCUT2D eigenvalue weighted by Gasteiger charge is 2.43. The second-order valence-electron chi connectivity index (χ2n) is 8.89. The topological polar surface area (TPSA) is 17.1 Å². The summed E-state index contributed by atoms with van der Waals surface area (Å²) in [7, 11) is -2.69. The van der Waals surface area contributed by atoms with Crippen LogP contribution in [0.2, 0.25) is 0 Å². The second-order valence-corrected chi connectivity index (χ2v) is 12.2. The van der Waals surface area contributed by atoms with Crippen LogP contribution in [-0.2, 0) is 10.7 Å². The van der Waals surface area contributed by atoms with Gasteiger partial charge in [-0.1, -0.05) is 74.9 Å². The minimum atomic E-state index is -4.35. The zero-order chi connectivity index (χ0) is 21.2. The molecule has 2 saturated carbocycles. The van der Waals surface area contributed by atoms with E-state index in [2.05, 4.69) is 0 Å². The molecule has 0 N–H and O–H groups in total. The van der Waals surface area contributed by atoms with Crippen LogP contribution in [0.4, 0.5) is 13.2 Å². The fourth-order valence-electron chi connectivity index (χ4n) is 5.48. The Hall–Kier alpha value is -1.54. The van der Waals surface area contributed by atoms with Crippen LogP contribution < -0.4 is 5.30 Å². The Bertz CT molecular complexity index is 869. The van der Waals surface area contributed by atoms with Crippen LogP contribution in [-0.4, -0.2) is 11.3 Å². The number of hydrogen-bond donors (Lipinski definition) is 0. The van der Waals surface area contributed by atoms with Crippen LogP contribution in [0, 0.1) is 0 Å². The van der Waals surface area contributed by atoms with E-state index >= 15 is 0 Å². The number of alkyl halides is 3. The van der Waals surface area contributed by atoms with Gasteiger partial charge in [-0.25, -0.2) is 0 Å². The first-order valence-corrected chi connectivity index (χ1v) is 13.1. The van der Waals surface area contributed by atoms with Crippen molar-refractivity contribution in [2.24, 2.45) is 0 Å². The minimum absolute atomic E-state index is 0.213. The summed E-state index contributed by atoms with van der Waals surface area (Å²) in [5.74, 6) is 0. The molecule has 162 valence electrons. The molecular weight excluding hydrogens is 404 g/mol. The summed E-state index contributed by atoms with van der Waals surface area (Å²) in [5.41, 5.74) is 1.36. The zero-order valence-electron chi connectivity index (χ0n) is 17.3. The molecule has 2 aliphatic rings. The van der Waals surface area contributed by atoms with E-state index < -0.39 is 18.9 Å². The summed E-state index contributed by atoms with van der Waals surface area (Å²) in [5, 5.41) is 0.906. The molecule has 0 aromatic heterocycles. The number of benzene rings is 2. The lowest BCUT2D eigenvalue weighted by Crippen LogP contribution is -2.30. The molecule has 1 nitrogen and oxygen atoms in total. The molecule has 0 saturated heterocycles. The molecule has 2 aliphatic carbocycles. The molecular formula is C25H30F3OP. The number of halogens is 3. The third-order valence-electron chi connectivity index (χ3n) is 7.04. The van der Waals surface area contributed by atoms with Crippen molar-refractivity contribution in [2.45, 2.75) is 81.7 Å². The largest absolute Gasteiger partial charge is 0.416 e. The fraction of sp³-hybridized carbons (Fsp3) is 0.520. The Morgan fingerprint density at radius 1 is 0.700 bits per heavy atom. The molecule has 30 heavy (non-hydrogen) atoms. The van der Waals surface area contributed by atoms with E-state index in [0.29, 0.717) is 0 Å². The van der Waals surface area contributed by atoms with Gasteiger partial charge < -0.3 is 4.57 Å². The molecule has 2 aromatic carbocycles. The summed E-state index contributed by atoms with van der Waals surface area (Å²) < 4.78 is 54.1. The third kappa shape index (κ3) is 4.26. The van der Waals surface area contributed by atoms with Crippen LogP contribution in [0.15, 0.2) is 48.5 Å². The lowest BCUT2D eigenvalue weighted by Gasteiger charge is -2.39. The van der Waals surface area contributed by atoms with Crippen LogP contribution >= 0.6 is 7.14 Å². The van der Waals surface area contributed by atoms with E-state index in [-0.39, 0.29) is 11.3 Å². The Kier molecular flexibility index (Phi) is 6.44. The van der Waals surface area contributed by atoms with Crippen molar-refractivity contribution in [1.82, 2.24) is 0 Å². The van der Waals surface area contributed by atoms with Gasteiger partial charge in [-0.05, 0) is 48.9 Å². The van der Waals surface area contributed by atoms with E-state index in [4.69, 9.17) is 0 Å². The summed E-state index contributed by atoms with van der Waals surface area (Å²) in [6.07, 6.45) is 6.62. The molecule has 5 heteroatoms. The normalized spacial score (nSPS) is 19.7. The standard InChI is InChI=1S/C25H30F3OP/c26-25(27,28)20-17-15-19(16-18-20)23-13-7-8-14-24(23)30(29,21-9-3-1-4-10-21)22-11-5-2-6-12-22/h7-8,13-18,21-22H,1-6,9-12H2. The number of hydrogen-bond acceptors (Lipinski definition) is 1. The molecule has 0 atom stereocenters. The highest BCUT2D eigenvalue weighted by Crippen LogP contribution is 2.62. The van der Waals surface area contributed by atoms with Crippen molar-refractivity contribution in [3.63, 3.8) is 0 Å². The predicted molar refractivity (Wildman–Crippen MR) is 118 cm³/mol. The van der Waals surface area contributed by atoms with E-state index in [1.54, 1.807) is 0 Å². The van der Waals surface area contributed by atoms with Gasteiger partial charge in [0.2, 0.25) is 0 Å². The van der Waals surface area contributed by atoms with Crippen LogP contribution in [0.5, 0.6) is 0 Å². The zero-order valence-corrected chi connectivity index (χ0v) is 18.2. The summed E-state index contributed by atoms with van der Waals surface area (Å²) in [4.78, 5) is 0. The molecule has 0 unspecified atom stereocenters. The van der Waals surface area contributed by atoms with E-state index in [9.17, 15) is 17.7 Å². The second kappa shape index (κ2) is 8.91. The molecule has 0 spiro atoms. The predicted octanol–water partition coefficient (Wildman–Crippen LogP) is 8.03. The van der Waals surface area contributed by atoms with Gasteiger partial charge in [0.25, 0.3) is 0 Å². The van der Waals surface area contributed by atoms with Gasteiger partial charge in [0.05, 0.1) is 5.56 Å². The van der Waals surface area contributed by atoms with E-state index in [0.717, 1.165) is 79.9 Å². The molecule has 0 radical (unpaired) electrons. The maximum absolute atomic E-state index is 15.0.